The van der Waals surface area contributed by atoms with Crippen molar-refractivity contribution in [2.75, 3.05) is 0 Å². The van der Waals surface area contributed by atoms with Crippen LogP contribution in [0.4, 0.5) is 22.0 Å². The van der Waals surface area contributed by atoms with Crippen molar-refractivity contribution >= 4 is 45.3 Å². The van der Waals surface area contributed by atoms with Gasteiger partial charge in [-0.1, -0.05) is 0 Å². The molecule has 6 nitrogen and oxygen atoms in total. The summed E-state index contributed by atoms with van der Waals surface area (Å²) in [5, 5.41) is 0. The Morgan fingerprint density at radius 1 is 0.491 bits per heavy atom. The molecule has 7 aromatic rings. The van der Waals surface area contributed by atoms with Crippen LogP contribution in [0, 0.1) is 53.8 Å². The van der Waals surface area contributed by atoms with Crippen LogP contribution >= 0.6 is 0 Å². The fourth-order valence-electron chi connectivity index (χ4n) is 6.66. The van der Waals surface area contributed by atoms with Gasteiger partial charge in [0.1, 0.15) is 0 Å². The number of halogens is 5. The molecule has 0 spiro atoms. The molecular formula is C41H25F5MnN6+5. The van der Waals surface area contributed by atoms with E-state index in [1.807, 2.05) is 82.2 Å². The average molecular weight is 752 g/mol. The van der Waals surface area contributed by atoms with Crippen molar-refractivity contribution in [3.63, 3.8) is 0 Å². The van der Waals surface area contributed by atoms with Crippen molar-refractivity contribution in [2.24, 2.45) is 0 Å². The third kappa shape index (κ3) is 5.84. The van der Waals surface area contributed by atoms with Crippen LogP contribution < -0.4 is 9.13 Å². The first-order chi connectivity index (χ1) is 25.3. The normalized spacial score (nSPS) is 11.4. The van der Waals surface area contributed by atoms with E-state index < -0.39 is 34.6 Å². The van der Waals surface area contributed by atoms with Crippen LogP contribution in [0.5, 0.6) is 0 Å². The van der Waals surface area contributed by atoms with Gasteiger partial charge in [-0.2, -0.15) is 9.13 Å². The van der Waals surface area contributed by atoms with E-state index in [1.165, 1.54) is 12.1 Å². The van der Waals surface area contributed by atoms with Gasteiger partial charge in [0, 0.05) is 35.3 Å². The van der Waals surface area contributed by atoms with Crippen LogP contribution in [-0.4, -0.2) is 19.9 Å². The zero-order valence-electron chi connectivity index (χ0n) is 27.4. The number of nitrogens with zero attached hydrogens (tertiary/aromatic N) is 3. The van der Waals surface area contributed by atoms with Crippen LogP contribution in [0.25, 0.3) is 78.9 Å². The summed E-state index contributed by atoms with van der Waals surface area (Å²) in [7, 11) is 0. The molecule has 3 N–H and O–H groups in total. The molecule has 7 heterocycles. The van der Waals surface area contributed by atoms with Crippen molar-refractivity contribution in [3.8, 4) is 58.3 Å². The van der Waals surface area contributed by atoms with Gasteiger partial charge in [0.2, 0.25) is 30.3 Å². The van der Waals surface area contributed by atoms with Gasteiger partial charge in [0.25, 0.3) is 0 Å². The summed E-state index contributed by atoms with van der Waals surface area (Å²) in [5.41, 5.74) is 4.64. The molecular weight excluding hydrogens is 726 g/mol. The molecule has 8 bridgehead atoms. The summed E-state index contributed by atoms with van der Waals surface area (Å²) in [6.45, 7) is 0.437. The molecule has 0 fully saturated rings. The van der Waals surface area contributed by atoms with Crippen molar-refractivity contribution in [3.05, 3.63) is 126 Å². The van der Waals surface area contributed by atoms with E-state index in [4.69, 9.17) is 17.8 Å². The number of benzene rings is 1. The number of rotatable bonds is 5. The molecule has 0 saturated carbocycles. The summed E-state index contributed by atoms with van der Waals surface area (Å²) in [5.74, 6) is -5.10. The largest absolute Gasteiger partial charge is 3.00 e. The SMILES string of the molecule is C#CC[n+]1ccccc1-c1c2nc(c(-c3c(F)c(F)c(F)c(F)c3F)c3ccc([nH]3)c(-c3cccc[n+]3CC#C)c3ccc([nH]3)c3ccc1[nH]3)C=C2.[Mn+3]. The Morgan fingerprint density at radius 3 is 1.40 bits per heavy atom. The summed E-state index contributed by atoms with van der Waals surface area (Å²) in [6.07, 6.45) is 18.2. The number of aromatic amines is 3. The molecule has 6 aromatic heterocycles. The minimum absolute atomic E-state index is 0. The van der Waals surface area contributed by atoms with Gasteiger partial charge in [-0.3, -0.25) is 0 Å². The number of hydrogen-bond donors (Lipinski definition) is 3. The fraction of sp³-hybridized carbons (Fsp3) is 0.0488. The molecule has 53 heavy (non-hydrogen) atoms. The van der Waals surface area contributed by atoms with E-state index >= 15 is 8.78 Å². The minimum Gasteiger partial charge on any atom is -0.354 e. The number of terminal acetylenes is 2. The van der Waals surface area contributed by atoms with Crippen LogP contribution in [-0.2, 0) is 30.2 Å². The molecule has 0 radical (unpaired) electrons. The van der Waals surface area contributed by atoms with Gasteiger partial charge in [-0.15, -0.1) is 12.8 Å². The molecule has 8 rings (SSSR count). The maximum Gasteiger partial charge on any atom is 3.00 e. The predicted octanol–water partition coefficient (Wildman–Crippen LogP) is 8.23. The van der Waals surface area contributed by atoms with E-state index in [1.54, 1.807) is 12.1 Å². The molecule has 0 aliphatic carbocycles. The third-order valence-corrected chi connectivity index (χ3v) is 8.95. The Hall–Kier alpha value is -6.46. The monoisotopic (exact) mass is 751 g/mol. The van der Waals surface area contributed by atoms with Crippen molar-refractivity contribution < 1.29 is 48.2 Å². The first-order valence-corrected chi connectivity index (χ1v) is 16.0. The van der Waals surface area contributed by atoms with Gasteiger partial charge in [-0.05, 0) is 72.5 Å². The Balaban J connectivity index is 0.00000435. The number of hydrogen-bond acceptors (Lipinski definition) is 1. The molecule has 1 aliphatic rings. The second-order valence-corrected chi connectivity index (χ2v) is 12.0. The smallest absolute Gasteiger partial charge is 0.354 e. The molecule has 0 amide bonds. The number of fused-ring (bicyclic) bond motifs is 9. The second kappa shape index (κ2) is 13.9. The maximum absolute atomic E-state index is 15.8. The number of aromatic nitrogens is 6. The van der Waals surface area contributed by atoms with Crippen molar-refractivity contribution in [1.29, 1.82) is 0 Å². The van der Waals surface area contributed by atoms with Gasteiger partial charge in [0.05, 0.1) is 55.7 Å². The van der Waals surface area contributed by atoms with Crippen molar-refractivity contribution in [2.45, 2.75) is 13.1 Å². The summed E-state index contributed by atoms with van der Waals surface area (Å²) in [6, 6.07) is 21.8. The molecule has 0 unspecified atom stereocenters. The standard InChI is InChI=1S/C41H23F5N6.Mn/c1-3-19-51-21-7-5-9-31(51)33-25-13-11-23(47-25)24-12-14-26(48-24)34(32-10-6-8-22-52(32)20-4-2)28-16-18-30(50-28)35(29-17-15-27(33)49-29)36-37(42)39(44)41(46)40(45)38(36)43;/h1-2,5-18,21-22H,19-20H2,(H,49,50);/q;+3/p+2. The first-order valence-electron chi connectivity index (χ1n) is 16.0. The van der Waals surface area contributed by atoms with E-state index in [0.29, 0.717) is 44.8 Å². The van der Waals surface area contributed by atoms with E-state index in [2.05, 4.69) is 26.8 Å². The maximum atomic E-state index is 15.8. The summed E-state index contributed by atoms with van der Waals surface area (Å²) in [4.78, 5) is 15.0. The van der Waals surface area contributed by atoms with E-state index in [-0.39, 0.29) is 46.9 Å². The molecule has 0 saturated heterocycles. The molecule has 256 valence electrons. The zero-order chi connectivity index (χ0) is 36.1. The molecule has 1 aliphatic heterocycles. The van der Waals surface area contributed by atoms with Gasteiger partial charge < -0.3 is 15.0 Å². The topological polar surface area (TPSA) is 68.0 Å². The van der Waals surface area contributed by atoms with Gasteiger partial charge in [0.15, 0.2) is 35.7 Å². The number of H-pyrrole nitrogens is 3. The summed E-state index contributed by atoms with van der Waals surface area (Å²) < 4.78 is 79.3. The summed E-state index contributed by atoms with van der Waals surface area (Å²) >= 11 is 0. The quantitative estimate of drug-likeness (QED) is 0.0407. The molecule has 1 aromatic carbocycles. The van der Waals surface area contributed by atoms with Crippen molar-refractivity contribution in [1.82, 2.24) is 19.9 Å². The zero-order valence-corrected chi connectivity index (χ0v) is 28.6. The van der Waals surface area contributed by atoms with Crippen LogP contribution in [0.3, 0.4) is 0 Å². The third-order valence-electron chi connectivity index (χ3n) is 8.95. The number of pyridine rings is 2. The average Bonchev–Trinajstić information content (AvgIpc) is 3.99. The predicted molar refractivity (Wildman–Crippen MR) is 189 cm³/mol. The van der Waals surface area contributed by atoms with Gasteiger partial charge >= 0.3 is 17.1 Å². The fourth-order valence-corrected chi connectivity index (χ4v) is 6.66. The van der Waals surface area contributed by atoms with Gasteiger partial charge in [-0.25, -0.2) is 26.9 Å². The van der Waals surface area contributed by atoms with Crippen LogP contribution in [0.2, 0.25) is 0 Å². The van der Waals surface area contributed by atoms with E-state index in [0.717, 1.165) is 11.0 Å². The minimum atomic E-state index is -2.26. The Kier molecular flexibility index (Phi) is 9.19. The second-order valence-electron chi connectivity index (χ2n) is 12.0. The van der Waals surface area contributed by atoms with Crippen LogP contribution in [0.15, 0.2) is 85.2 Å². The first kappa shape index (κ1) is 35.0. The van der Waals surface area contributed by atoms with E-state index in [9.17, 15) is 13.2 Å². The Morgan fingerprint density at radius 2 is 0.887 bits per heavy atom. The Labute approximate surface area is 309 Å². The molecule has 0 atom stereocenters. The number of nitrogens with one attached hydrogen (secondary N) is 3. The molecule has 12 heteroatoms. The Bertz CT molecular complexity index is 2820. The van der Waals surface area contributed by atoms with Crippen LogP contribution in [0.1, 0.15) is 11.4 Å².